The summed E-state index contributed by atoms with van der Waals surface area (Å²) in [6.07, 6.45) is 10.7. The Morgan fingerprint density at radius 2 is 1.91 bits per heavy atom. The highest BCUT2D eigenvalue weighted by Gasteiger charge is 2.51. The quantitative estimate of drug-likeness (QED) is 0.819. The van der Waals surface area contributed by atoms with Gasteiger partial charge in [0.2, 0.25) is 0 Å². The van der Waals surface area contributed by atoms with Crippen LogP contribution in [0.5, 0.6) is 0 Å². The van der Waals surface area contributed by atoms with Crippen molar-refractivity contribution in [3.63, 3.8) is 0 Å². The normalized spacial score (nSPS) is 34.6. The van der Waals surface area contributed by atoms with Gasteiger partial charge in [-0.15, -0.1) is 11.8 Å². The van der Waals surface area contributed by atoms with Crippen molar-refractivity contribution in [2.45, 2.75) is 62.4 Å². The van der Waals surface area contributed by atoms with E-state index in [1.165, 1.54) is 38.5 Å². The van der Waals surface area contributed by atoms with Crippen LogP contribution in [-0.2, 0) is 0 Å². The second kappa shape index (κ2) is 6.12. The van der Waals surface area contributed by atoms with Crippen molar-refractivity contribution in [3.8, 4) is 0 Å². The number of hydrogen-bond acceptors (Lipinski definition) is 3. The number of hydrogen-bond donors (Lipinski definition) is 1. The summed E-state index contributed by atoms with van der Waals surface area (Å²) in [5, 5.41) is 4.35. The van der Waals surface area contributed by atoms with Crippen LogP contribution in [0.15, 0.2) is 23.4 Å². The Hall–Kier alpha value is -1.03. The zero-order valence-electron chi connectivity index (χ0n) is 13.9. The highest BCUT2D eigenvalue weighted by molar-refractivity contribution is 7.99. The maximum Gasteiger partial charge on any atom is 0.254 e. The third kappa shape index (κ3) is 3.02. The van der Waals surface area contributed by atoms with Crippen LogP contribution in [-0.4, -0.2) is 22.2 Å². The summed E-state index contributed by atoms with van der Waals surface area (Å²) in [7, 11) is 0. The summed E-state index contributed by atoms with van der Waals surface area (Å²) in [5.41, 5.74) is 0.843. The second-order valence-electron chi connectivity index (χ2n) is 7.86. The van der Waals surface area contributed by atoms with Crippen molar-refractivity contribution in [3.05, 3.63) is 23.9 Å². The molecule has 0 radical (unpaired) electrons. The highest BCUT2D eigenvalue weighted by atomic mass is 32.2. The molecule has 0 aliphatic heterocycles. The Balaban J connectivity index is 1.52. The summed E-state index contributed by atoms with van der Waals surface area (Å²) < 4.78 is 0. The van der Waals surface area contributed by atoms with Crippen molar-refractivity contribution in [1.82, 2.24) is 10.3 Å². The number of carbonyl (C=O) groups excluding carboxylic acids is 1. The van der Waals surface area contributed by atoms with Crippen LogP contribution < -0.4 is 5.32 Å². The Labute approximate surface area is 143 Å². The van der Waals surface area contributed by atoms with Crippen LogP contribution in [0.1, 0.15) is 62.2 Å². The molecule has 0 aromatic carbocycles. The van der Waals surface area contributed by atoms with Gasteiger partial charge in [0.05, 0.1) is 5.56 Å². The lowest BCUT2D eigenvalue weighted by Crippen LogP contribution is -2.59. The van der Waals surface area contributed by atoms with Gasteiger partial charge in [-0.3, -0.25) is 4.79 Å². The molecular formula is C19H26N2OS. The first kappa shape index (κ1) is 15.5. The predicted molar refractivity (Wildman–Crippen MR) is 93.6 cm³/mol. The molecule has 5 rings (SSSR count). The van der Waals surface area contributed by atoms with E-state index in [1.54, 1.807) is 18.0 Å². The molecule has 1 N–H and O–H groups in total. The topological polar surface area (TPSA) is 42.0 Å². The van der Waals surface area contributed by atoms with Crippen LogP contribution in [0.25, 0.3) is 0 Å². The van der Waals surface area contributed by atoms with Crippen molar-refractivity contribution in [2.75, 3.05) is 5.75 Å². The van der Waals surface area contributed by atoms with Gasteiger partial charge in [-0.1, -0.05) is 6.92 Å². The van der Waals surface area contributed by atoms with Gasteiger partial charge >= 0.3 is 0 Å². The van der Waals surface area contributed by atoms with Gasteiger partial charge in [0.15, 0.2) is 0 Å². The molecular weight excluding hydrogens is 304 g/mol. The maximum atomic E-state index is 12.9. The molecule has 4 aliphatic carbocycles. The van der Waals surface area contributed by atoms with E-state index in [9.17, 15) is 4.79 Å². The molecule has 4 saturated carbocycles. The Morgan fingerprint density at radius 3 is 2.52 bits per heavy atom. The molecule has 1 heterocycles. The largest absolute Gasteiger partial charge is 0.346 e. The Kier molecular flexibility index (Phi) is 4.12. The molecule has 1 aromatic rings. The van der Waals surface area contributed by atoms with Gasteiger partial charge < -0.3 is 5.32 Å². The van der Waals surface area contributed by atoms with E-state index >= 15 is 0 Å². The highest BCUT2D eigenvalue weighted by Crippen LogP contribution is 2.55. The minimum absolute atomic E-state index is 0.0777. The van der Waals surface area contributed by atoms with Crippen molar-refractivity contribution in [2.24, 2.45) is 17.8 Å². The second-order valence-corrected chi connectivity index (χ2v) is 8.94. The summed E-state index contributed by atoms with van der Waals surface area (Å²) in [6, 6.07) is 3.81. The molecule has 0 spiro atoms. The van der Waals surface area contributed by atoms with E-state index in [-0.39, 0.29) is 11.4 Å². The van der Waals surface area contributed by atoms with E-state index < -0.39 is 0 Å². The number of nitrogens with zero attached hydrogens (tertiary/aromatic N) is 1. The molecule has 4 heteroatoms. The number of rotatable bonds is 5. The van der Waals surface area contributed by atoms with Gasteiger partial charge in [0, 0.05) is 11.7 Å². The Morgan fingerprint density at radius 1 is 1.26 bits per heavy atom. The fourth-order valence-electron chi connectivity index (χ4n) is 5.45. The van der Waals surface area contributed by atoms with Crippen LogP contribution in [0.2, 0.25) is 0 Å². The number of nitrogens with one attached hydrogen (secondary N) is 1. The first-order valence-corrected chi connectivity index (χ1v) is 10.1. The molecule has 23 heavy (non-hydrogen) atoms. The first-order chi connectivity index (χ1) is 11.2. The summed E-state index contributed by atoms with van der Waals surface area (Å²) in [5.74, 6) is 3.66. The van der Waals surface area contributed by atoms with Crippen molar-refractivity contribution >= 4 is 17.7 Å². The third-order valence-electron chi connectivity index (χ3n) is 5.88. The lowest BCUT2D eigenvalue weighted by molar-refractivity contribution is -0.0167. The van der Waals surface area contributed by atoms with Gasteiger partial charge in [0.1, 0.15) is 5.03 Å². The number of carbonyl (C=O) groups is 1. The van der Waals surface area contributed by atoms with E-state index in [0.717, 1.165) is 40.5 Å². The smallest absolute Gasteiger partial charge is 0.254 e. The molecule has 1 amide bonds. The Bertz CT molecular complexity index is 566. The van der Waals surface area contributed by atoms with Crippen LogP contribution in [0.4, 0.5) is 0 Å². The molecule has 124 valence electrons. The molecule has 4 fully saturated rings. The maximum absolute atomic E-state index is 12.9. The molecule has 0 saturated heterocycles. The zero-order chi connectivity index (χ0) is 15.9. The fraction of sp³-hybridized carbons (Fsp3) is 0.684. The summed E-state index contributed by atoms with van der Waals surface area (Å²) in [4.78, 5) is 17.4. The van der Waals surface area contributed by atoms with Crippen molar-refractivity contribution < 1.29 is 4.79 Å². The lowest BCUT2D eigenvalue weighted by atomic mass is 9.53. The van der Waals surface area contributed by atoms with Gasteiger partial charge in [-0.25, -0.2) is 4.98 Å². The molecule has 1 aromatic heterocycles. The fourth-order valence-corrected chi connectivity index (χ4v) is 6.30. The standard InChI is InChI=1S/C19H26N2OS/c1-2-6-23-18-16(4-3-5-20-18)17(22)21-19-10-13-7-14(11-19)9-15(8-13)12-19/h3-5,13-15H,2,6-12H2,1H3,(H,21,22). The molecule has 4 bridgehead atoms. The molecule has 0 unspecified atom stereocenters. The van der Waals surface area contributed by atoms with Gasteiger partial charge in [0.25, 0.3) is 5.91 Å². The van der Waals surface area contributed by atoms with Gasteiger partial charge in [-0.2, -0.15) is 0 Å². The average molecular weight is 330 g/mol. The SMILES string of the molecule is CCCSc1ncccc1C(=O)NC12CC3CC(CC(C3)C1)C2. The van der Waals surface area contributed by atoms with E-state index in [4.69, 9.17) is 0 Å². The van der Waals surface area contributed by atoms with Crippen LogP contribution in [0, 0.1) is 17.8 Å². The minimum Gasteiger partial charge on any atom is -0.346 e. The van der Waals surface area contributed by atoms with E-state index in [0.29, 0.717) is 0 Å². The minimum atomic E-state index is 0.0777. The summed E-state index contributed by atoms with van der Waals surface area (Å²) in [6.45, 7) is 2.16. The summed E-state index contributed by atoms with van der Waals surface area (Å²) >= 11 is 1.70. The predicted octanol–water partition coefficient (Wildman–Crippen LogP) is 4.28. The number of pyridine rings is 1. The van der Waals surface area contributed by atoms with Gasteiger partial charge in [-0.05, 0) is 80.6 Å². The lowest BCUT2D eigenvalue weighted by Gasteiger charge is -2.56. The average Bonchev–Trinajstić information content (AvgIpc) is 2.51. The monoisotopic (exact) mass is 330 g/mol. The molecule has 3 nitrogen and oxygen atoms in total. The van der Waals surface area contributed by atoms with Crippen molar-refractivity contribution in [1.29, 1.82) is 0 Å². The van der Waals surface area contributed by atoms with E-state index in [2.05, 4.69) is 17.2 Å². The number of thioether (sulfide) groups is 1. The van der Waals surface area contributed by atoms with Crippen LogP contribution in [0.3, 0.4) is 0 Å². The zero-order valence-corrected chi connectivity index (χ0v) is 14.7. The van der Waals surface area contributed by atoms with E-state index in [1.807, 2.05) is 12.1 Å². The molecule has 0 atom stereocenters. The first-order valence-electron chi connectivity index (χ1n) is 9.08. The number of aromatic nitrogens is 1. The molecule has 4 aliphatic rings. The third-order valence-corrected chi connectivity index (χ3v) is 7.09. The number of amides is 1. The van der Waals surface area contributed by atoms with Crippen LogP contribution >= 0.6 is 11.8 Å².